The van der Waals surface area contributed by atoms with Gasteiger partial charge in [-0.2, -0.15) is 0 Å². The second-order valence-electron chi connectivity index (χ2n) is 9.94. The third kappa shape index (κ3) is 3.99. The number of nitrogens with one attached hydrogen (secondary N) is 1. The smallest absolute Gasteiger partial charge is 0.311 e. The molecule has 6 nitrogen and oxygen atoms in total. The fraction of sp³-hybridized carbons (Fsp3) is 0.857. The number of aliphatic carboxylic acids is 1. The molecule has 4 bridgehead atoms. The SMILES string of the molecule is CCC(C)(C)C(=O)OCCNC(=O)C12CC3CC(CC(CC(=O)O)(C3)C1)C2. The highest BCUT2D eigenvalue weighted by Crippen LogP contribution is 2.66. The summed E-state index contributed by atoms with van der Waals surface area (Å²) in [5.74, 6) is -0.0244. The Morgan fingerprint density at radius 1 is 1.15 bits per heavy atom. The van der Waals surface area contributed by atoms with E-state index in [0.717, 1.165) is 32.1 Å². The van der Waals surface area contributed by atoms with Gasteiger partial charge < -0.3 is 15.2 Å². The number of hydrogen-bond acceptors (Lipinski definition) is 4. The van der Waals surface area contributed by atoms with Crippen molar-refractivity contribution in [2.24, 2.45) is 28.1 Å². The Labute approximate surface area is 161 Å². The van der Waals surface area contributed by atoms with Gasteiger partial charge in [0.1, 0.15) is 6.61 Å². The van der Waals surface area contributed by atoms with E-state index in [9.17, 15) is 19.5 Å². The number of carbonyl (C=O) groups is 3. The largest absolute Gasteiger partial charge is 0.481 e. The van der Waals surface area contributed by atoms with E-state index in [2.05, 4.69) is 5.32 Å². The molecule has 2 N–H and O–H groups in total. The summed E-state index contributed by atoms with van der Waals surface area (Å²) in [6.07, 6.45) is 6.37. The van der Waals surface area contributed by atoms with Gasteiger partial charge in [0.2, 0.25) is 5.91 Å². The van der Waals surface area contributed by atoms with Gasteiger partial charge in [0.05, 0.1) is 23.8 Å². The molecule has 4 rings (SSSR count). The van der Waals surface area contributed by atoms with E-state index in [1.165, 1.54) is 0 Å². The summed E-state index contributed by atoms with van der Waals surface area (Å²) in [4.78, 5) is 36.4. The average Bonchev–Trinajstić information content (AvgIpc) is 2.55. The predicted molar refractivity (Wildman–Crippen MR) is 99.8 cm³/mol. The number of amides is 1. The van der Waals surface area contributed by atoms with Crippen LogP contribution in [0, 0.1) is 28.1 Å². The van der Waals surface area contributed by atoms with Gasteiger partial charge in [0, 0.05) is 0 Å². The molecule has 0 aliphatic heterocycles. The predicted octanol–water partition coefficient (Wildman–Crippen LogP) is 3.14. The maximum Gasteiger partial charge on any atom is 0.311 e. The highest BCUT2D eigenvalue weighted by molar-refractivity contribution is 5.83. The van der Waals surface area contributed by atoms with Gasteiger partial charge in [-0.25, -0.2) is 0 Å². The fourth-order valence-electron chi connectivity index (χ4n) is 6.08. The van der Waals surface area contributed by atoms with Crippen LogP contribution in [0.15, 0.2) is 0 Å². The summed E-state index contributed by atoms with van der Waals surface area (Å²) in [7, 11) is 0. The van der Waals surface area contributed by atoms with Crippen LogP contribution in [-0.4, -0.2) is 36.1 Å². The van der Waals surface area contributed by atoms with Crippen molar-refractivity contribution in [1.29, 1.82) is 0 Å². The van der Waals surface area contributed by atoms with Crippen LogP contribution in [0.4, 0.5) is 0 Å². The van der Waals surface area contributed by atoms with Gasteiger partial charge in [-0.1, -0.05) is 6.92 Å². The molecule has 4 fully saturated rings. The number of ether oxygens (including phenoxy) is 1. The Kier molecular flexibility index (Phi) is 5.30. The molecular weight excluding hydrogens is 346 g/mol. The summed E-state index contributed by atoms with van der Waals surface area (Å²) in [6, 6.07) is 0. The van der Waals surface area contributed by atoms with Crippen LogP contribution in [0.2, 0.25) is 0 Å². The molecule has 1 amide bonds. The van der Waals surface area contributed by atoms with Crippen LogP contribution in [-0.2, 0) is 19.1 Å². The quantitative estimate of drug-likeness (QED) is 0.499. The van der Waals surface area contributed by atoms with Crippen LogP contribution in [0.25, 0.3) is 0 Å². The lowest BCUT2D eigenvalue weighted by Crippen LogP contribution is -2.58. The Morgan fingerprint density at radius 2 is 1.78 bits per heavy atom. The second kappa shape index (κ2) is 7.10. The summed E-state index contributed by atoms with van der Waals surface area (Å²) >= 11 is 0. The Morgan fingerprint density at radius 3 is 2.33 bits per heavy atom. The normalized spacial score (nSPS) is 34.3. The minimum atomic E-state index is -0.752. The number of carboxylic acid groups (broad SMARTS) is 1. The van der Waals surface area contributed by atoms with Gasteiger partial charge in [-0.15, -0.1) is 0 Å². The van der Waals surface area contributed by atoms with Crippen molar-refractivity contribution < 1.29 is 24.2 Å². The van der Waals surface area contributed by atoms with Gasteiger partial charge in [0.25, 0.3) is 0 Å². The van der Waals surface area contributed by atoms with Crippen LogP contribution in [0.5, 0.6) is 0 Å². The lowest BCUT2D eigenvalue weighted by molar-refractivity contribution is -0.165. The molecule has 2 unspecified atom stereocenters. The number of carboxylic acids is 1. The molecule has 6 heteroatoms. The molecule has 27 heavy (non-hydrogen) atoms. The first-order valence-corrected chi connectivity index (χ1v) is 10.3. The molecule has 0 aromatic heterocycles. The van der Waals surface area contributed by atoms with Crippen molar-refractivity contribution in [2.45, 2.75) is 72.1 Å². The van der Waals surface area contributed by atoms with Crippen molar-refractivity contribution in [3.63, 3.8) is 0 Å². The third-order valence-electron chi connectivity index (χ3n) is 7.25. The number of esters is 1. The fourth-order valence-corrected chi connectivity index (χ4v) is 6.08. The molecule has 0 saturated heterocycles. The number of rotatable bonds is 8. The molecule has 4 aliphatic rings. The molecular formula is C21H33NO5. The maximum atomic E-state index is 13.0. The van der Waals surface area contributed by atoms with Crippen molar-refractivity contribution in [3.05, 3.63) is 0 Å². The average molecular weight is 379 g/mol. The molecule has 0 aromatic carbocycles. The van der Waals surface area contributed by atoms with Crippen LogP contribution < -0.4 is 5.32 Å². The van der Waals surface area contributed by atoms with Gasteiger partial charge in [0.15, 0.2) is 0 Å². The molecule has 4 aliphatic carbocycles. The van der Waals surface area contributed by atoms with Crippen molar-refractivity contribution in [1.82, 2.24) is 5.32 Å². The Hall–Kier alpha value is -1.59. The van der Waals surface area contributed by atoms with E-state index >= 15 is 0 Å². The molecule has 0 heterocycles. The summed E-state index contributed by atoms with van der Waals surface area (Å²) in [5, 5.41) is 12.3. The zero-order valence-electron chi connectivity index (χ0n) is 16.8. The minimum Gasteiger partial charge on any atom is -0.481 e. The first kappa shape index (κ1) is 20.2. The minimum absolute atomic E-state index is 0.0252. The monoisotopic (exact) mass is 379 g/mol. The van der Waals surface area contributed by atoms with E-state index in [0.29, 0.717) is 31.2 Å². The second-order valence-corrected chi connectivity index (χ2v) is 9.94. The van der Waals surface area contributed by atoms with Crippen LogP contribution >= 0.6 is 0 Å². The van der Waals surface area contributed by atoms with Gasteiger partial charge >= 0.3 is 11.9 Å². The van der Waals surface area contributed by atoms with Crippen LogP contribution in [0.1, 0.15) is 72.1 Å². The Bertz CT molecular complexity index is 612. The van der Waals surface area contributed by atoms with Crippen molar-refractivity contribution in [3.8, 4) is 0 Å². The molecule has 2 atom stereocenters. The first-order valence-electron chi connectivity index (χ1n) is 10.3. The molecule has 152 valence electrons. The maximum absolute atomic E-state index is 13.0. The zero-order valence-corrected chi connectivity index (χ0v) is 16.8. The standard InChI is InChI=1S/C21H33NO5/c1-4-19(2,3)18(26)27-6-5-22-17(25)21-10-14-7-15(11-21)9-20(8-14,13-21)12-16(23)24/h14-15H,4-13H2,1-3H3,(H,22,25)(H,23,24). The van der Waals surface area contributed by atoms with E-state index in [-0.39, 0.29) is 30.3 Å². The lowest BCUT2D eigenvalue weighted by atomic mass is 9.43. The zero-order chi connectivity index (χ0) is 19.9. The highest BCUT2D eigenvalue weighted by atomic mass is 16.5. The van der Waals surface area contributed by atoms with E-state index in [4.69, 9.17) is 4.74 Å². The van der Waals surface area contributed by atoms with Crippen LogP contribution in [0.3, 0.4) is 0 Å². The molecule has 4 saturated carbocycles. The van der Waals surface area contributed by atoms with E-state index in [1.54, 1.807) is 0 Å². The van der Waals surface area contributed by atoms with E-state index in [1.807, 2.05) is 20.8 Å². The lowest BCUT2D eigenvalue weighted by Gasteiger charge is -2.61. The molecule has 0 radical (unpaired) electrons. The summed E-state index contributed by atoms with van der Waals surface area (Å²) in [6.45, 7) is 6.14. The Balaban J connectivity index is 1.57. The third-order valence-corrected chi connectivity index (χ3v) is 7.25. The topological polar surface area (TPSA) is 92.7 Å². The van der Waals surface area contributed by atoms with E-state index < -0.39 is 16.8 Å². The highest BCUT2D eigenvalue weighted by Gasteiger charge is 2.60. The summed E-state index contributed by atoms with van der Waals surface area (Å²) in [5.41, 5.74) is -1.13. The van der Waals surface area contributed by atoms with Gasteiger partial charge in [-0.05, 0) is 76.0 Å². The molecule has 0 spiro atoms. The number of carbonyl (C=O) groups excluding carboxylic acids is 2. The summed E-state index contributed by atoms with van der Waals surface area (Å²) < 4.78 is 5.31. The van der Waals surface area contributed by atoms with Crippen molar-refractivity contribution >= 4 is 17.8 Å². The molecule has 0 aromatic rings. The number of hydrogen-bond donors (Lipinski definition) is 2. The first-order chi connectivity index (χ1) is 12.6. The van der Waals surface area contributed by atoms with Gasteiger partial charge in [-0.3, -0.25) is 14.4 Å². The van der Waals surface area contributed by atoms with Crippen molar-refractivity contribution in [2.75, 3.05) is 13.2 Å².